The Labute approximate surface area is 170 Å². The monoisotopic (exact) mass is 482 g/mol. The lowest BCUT2D eigenvalue weighted by molar-refractivity contribution is -0.130. The average Bonchev–Trinajstić information content (AvgIpc) is 2.93. The van der Waals surface area contributed by atoms with Gasteiger partial charge in [0.1, 0.15) is 12.0 Å². The molecule has 4 rings (SSSR count). The quantitative estimate of drug-likeness (QED) is 0.392. The number of Topliss-reactive ketones (excluding diaryl/α,β-unsaturated/α-hetero) is 1. The highest BCUT2D eigenvalue weighted by Crippen LogP contribution is 2.62. The number of hydrogen-bond donors (Lipinski definition) is 0. The topological polar surface area (TPSA) is 34.1 Å². The highest BCUT2D eigenvalue weighted by Gasteiger charge is 2.59. The van der Waals surface area contributed by atoms with E-state index in [4.69, 9.17) is 0 Å². The highest BCUT2D eigenvalue weighted by molar-refractivity contribution is 9.12. The van der Waals surface area contributed by atoms with Crippen LogP contribution in [0, 0.1) is 41.2 Å². The van der Waals surface area contributed by atoms with E-state index < -0.39 is 0 Å². The number of halogens is 3. The molecule has 0 aliphatic heterocycles. The summed E-state index contributed by atoms with van der Waals surface area (Å²) >= 11 is 7.73. The molecule has 0 saturated heterocycles. The minimum Gasteiger partial charge on any atom is -0.299 e. The van der Waals surface area contributed by atoms with Crippen molar-refractivity contribution in [3.05, 3.63) is 23.3 Å². The lowest BCUT2D eigenvalue weighted by Crippen LogP contribution is -2.53. The summed E-state index contributed by atoms with van der Waals surface area (Å²) in [7, 11) is 0. The van der Waals surface area contributed by atoms with Gasteiger partial charge in [-0.15, -0.1) is 4.39 Å². The van der Waals surface area contributed by atoms with Gasteiger partial charge in [0.2, 0.25) is 0 Å². The molecule has 138 valence electrons. The summed E-state index contributed by atoms with van der Waals surface area (Å²) in [4.78, 5) is 25.2. The van der Waals surface area contributed by atoms with E-state index in [1.807, 2.05) is 6.08 Å². The second-order valence-electron chi connectivity index (χ2n) is 8.29. The molecule has 0 N–H and O–H groups in total. The van der Waals surface area contributed by atoms with Crippen LogP contribution in [-0.2, 0) is 9.59 Å². The Hall–Kier alpha value is -0.730. The fourth-order valence-corrected chi connectivity index (χ4v) is 7.75. The van der Waals surface area contributed by atoms with Gasteiger partial charge in [0.25, 0.3) is 0 Å². The van der Waals surface area contributed by atoms with E-state index >= 15 is 0 Å². The average molecular weight is 484 g/mol. The Morgan fingerprint density at radius 3 is 2.81 bits per heavy atom. The lowest BCUT2D eigenvalue weighted by Gasteiger charge is -2.54. The van der Waals surface area contributed by atoms with Crippen LogP contribution < -0.4 is 0 Å². The van der Waals surface area contributed by atoms with Crippen molar-refractivity contribution in [2.75, 3.05) is 0 Å². The SMILES string of the molecule is C[C@]12CC[C@H]3[C@@H]([C@H](Br)[C@@H](Br)C4=CC(=O)C(CC#CF)=C[C@@H]43)[C@@H]1CCC2=O. The third kappa shape index (κ3) is 2.63. The fourth-order valence-electron chi connectivity index (χ4n) is 5.90. The van der Waals surface area contributed by atoms with Crippen molar-refractivity contribution < 1.29 is 14.0 Å². The summed E-state index contributed by atoms with van der Waals surface area (Å²) in [6.45, 7) is 2.15. The van der Waals surface area contributed by atoms with E-state index in [0.717, 1.165) is 24.8 Å². The smallest absolute Gasteiger partial charge is 0.182 e. The molecule has 4 aliphatic rings. The second kappa shape index (κ2) is 6.71. The molecular weight excluding hydrogens is 463 g/mol. The van der Waals surface area contributed by atoms with Gasteiger partial charge in [0.15, 0.2) is 5.78 Å². The molecule has 0 bridgehead atoms. The fraction of sp³-hybridized carbons (Fsp3) is 0.619. The predicted octanol–water partition coefficient (Wildman–Crippen LogP) is 4.91. The maximum atomic E-state index is 12.5. The first kappa shape index (κ1) is 18.6. The Bertz CT molecular complexity index is 790. The van der Waals surface area contributed by atoms with Crippen LogP contribution in [0.5, 0.6) is 0 Å². The molecule has 7 atom stereocenters. The second-order valence-corrected chi connectivity index (χ2v) is 10.3. The first-order valence-corrected chi connectivity index (χ1v) is 11.1. The van der Waals surface area contributed by atoms with Crippen molar-refractivity contribution in [2.24, 2.45) is 29.1 Å². The molecule has 0 radical (unpaired) electrons. The summed E-state index contributed by atoms with van der Waals surface area (Å²) in [5.74, 6) is 4.11. The van der Waals surface area contributed by atoms with Crippen molar-refractivity contribution in [1.29, 1.82) is 0 Å². The minimum atomic E-state index is -0.197. The van der Waals surface area contributed by atoms with Crippen molar-refractivity contribution in [3.8, 4) is 12.1 Å². The van der Waals surface area contributed by atoms with E-state index in [2.05, 4.69) is 44.7 Å². The van der Waals surface area contributed by atoms with Gasteiger partial charge in [0, 0.05) is 39.4 Å². The first-order valence-electron chi connectivity index (χ1n) is 9.25. The number of alkyl halides is 2. The van der Waals surface area contributed by atoms with E-state index in [1.54, 1.807) is 6.08 Å². The highest BCUT2D eigenvalue weighted by atomic mass is 79.9. The molecule has 0 aromatic heterocycles. The van der Waals surface area contributed by atoms with Crippen LogP contribution in [-0.4, -0.2) is 21.2 Å². The van der Waals surface area contributed by atoms with Crippen LogP contribution in [0.2, 0.25) is 0 Å². The maximum Gasteiger partial charge on any atom is 0.182 e. The molecule has 26 heavy (non-hydrogen) atoms. The Morgan fingerprint density at radius 2 is 2.08 bits per heavy atom. The number of carbonyl (C=O) groups is 2. The summed E-state index contributed by atoms with van der Waals surface area (Å²) in [5, 5.41) is 0. The summed E-state index contributed by atoms with van der Waals surface area (Å²) in [6, 6.07) is 0. The Kier molecular flexibility index (Phi) is 4.80. The van der Waals surface area contributed by atoms with E-state index in [0.29, 0.717) is 35.5 Å². The molecule has 5 heteroatoms. The largest absolute Gasteiger partial charge is 0.299 e. The molecule has 4 aliphatic carbocycles. The third-order valence-corrected chi connectivity index (χ3v) is 10.2. The summed E-state index contributed by atoms with van der Waals surface area (Å²) in [6.07, 6.45) is 8.90. The number of hydrogen-bond acceptors (Lipinski definition) is 2. The molecule has 0 heterocycles. The third-order valence-electron chi connectivity index (χ3n) is 7.25. The van der Waals surface area contributed by atoms with Gasteiger partial charge in [0.05, 0.1) is 0 Å². The number of ketones is 2. The van der Waals surface area contributed by atoms with Gasteiger partial charge in [-0.2, -0.15) is 0 Å². The van der Waals surface area contributed by atoms with Crippen LogP contribution >= 0.6 is 31.9 Å². The van der Waals surface area contributed by atoms with Gasteiger partial charge in [-0.25, -0.2) is 0 Å². The van der Waals surface area contributed by atoms with Crippen molar-refractivity contribution in [1.82, 2.24) is 0 Å². The molecule has 3 saturated carbocycles. The minimum absolute atomic E-state index is 0.0571. The zero-order chi connectivity index (χ0) is 18.6. The number of rotatable bonds is 1. The molecule has 2 nitrogen and oxygen atoms in total. The van der Waals surface area contributed by atoms with Crippen LogP contribution in [0.4, 0.5) is 4.39 Å². The van der Waals surface area contributed by atoms with Crippen LogP contribution in [0.1, 0.15) is 39.0 Å². The van der Waals surface area contributed by atoms with Crippen molar-refractivity contribution in [2.45, 2.75) is 48.7 Å². The molecule has 0 aromatic carbocycles. The van der Waals surface area contributed by atoms with Gasteiger partial charge >= 0.3 is 0 Å². The summed E-state index contributed by atoms with van der Waals surface area (Å²) in [5.41, 5.74) is 1.52. The molecule has 0 aromatic rings. The number of allylic oxidation sites excluding steroid dienone is 4. The molecular formula is C21H21Br2FO2. The number of carbonyl (C=O) groups excluding carboxylic acids is 2. The first-order chi connectivity index (χ1) is 12.4. The predicted molar refractivity (Wildman–Crippen MR) is 106 cm³/mol. The van der Waals surface area contributed by atoms with Crippen LogP contribution in [0.3, 0.4) is 0 Å². The molecule has 0 spiro atoms. The van der Waals surface area contributed by atoms with Gasteiger partial charge in [-0.05, 0) is 48.7 Å². The van der Waals surface area contributed by atoms with E-state index in [-0.39, 0.29) is 33.2 Å². The van der Waals surface area contributed by atoms with Crippen LogP contribution in [0.25, 0.3) is 0 Å². The van der Waals surface area contributed by atoms with Gasteiger partial charge in [-0.3, -0.25) is 9.59 Å². The zero-order valence-corrected chi connectivity index (χ0v) is 17.8. The normalized spacial score (nSPS) is 44.2. The molecule has 3 fully saturated rings. The summed E-state index contributed by atoms with van der Waals surface area (Å²) < 4.78 is 12.3. The van der Waals surface area contributed by atoms with Gasteiger partial charge in [-0.1, -0.05) is 50.8 Å². The molecule has 0 unspecified atom stereocenters. The Morgan fingerprint density at radius 1 is 1.31 bits per heavy atom. The lowest BCUT2D eigenvalue weighted by atomic mass is 9.52. The standard InChI is InChI=1S/C21H21Br2FO2/c1-21-7-6-12-13-9-11(3-2-8-24)16(25)10-14(13)19(22)20(23)18(12)15(21)4-5-17(21)26/h9-10,12-13,15,18-20H,3-7H2,1H3/t12-,13-,15+,18-,19+,20+,21+/m1/s1. The molecule has 0 amide bonds. The maximum absolute atomic E-state index is 12.5. The Balaban J connectivity index is 1.73. The number of fused-ring (bicyclic) bond motifs is 5. The van der Waals surface area contributed by atoms with E-state index in [1.165, 1.54) is 6.17 Å². The van der Waals surface area contributed by atoms with Crippen molar-refractivity contribution in [3.63, 3.8) is 0 Å². The van der Waals surface area contributed by atoms with Crippen molar-refractivity contribution >= 4 is 43.4 Å². The van der Waals surface area contributed by atoms with Gasteiger partial charge < -0.3 is 0 Å². The van der Waals surface area contributed by atoms with E-state index in [9.17, 15) is 14.0 Å². The zero-order valence-electron chi connectivity index (χ0n) is 14.6. The van der Waals surface area contributed by atoms with Crippen LogP contribution in [0.15, 0.2) is 23.3 Å².